The van der Waals surface area contributed by atoms with Gasteiger partial charge in [-0.15, -0.1) is 0 Å². The summed E-state index contributed by atoms with van der Waals surface area (Å²) in [7, 11) is 0. The van der Waals surface area contributed by atoms with Gasteiger partial charge in [-0.1, -0.05) is 0 Å². The molecule has 7 heteroatoms. The zero-order valence-electron chi connectivity index (χ0n) is 9.75. The lowest BCUT2D eigenvalue weighted by Crippen LogP contribution is -2.61. The van der Waals surface area contributed by atoms with Crippen LogP contribution in [0.5, 0.6) is 0 Å². The van der Waals surface area contributed by atoms with Gasteiger partial charge in [0.05, 0.1) is 25.8 Å². The molecule has 1 atom stereocenters. The lowest BCUT2D eigenvalue weighted by atomic mass is 10.1. The Kier molecular flexibility index (Phi) is 2.83. The number of morpholine rings is 1. The van der Waals surface area contributed by atoms with E-state index in [1.165, 1.54) is 12.4 Å². The predicted octanol–water partition coefficient (Wildman–Crippen LogP) is -0.337. The van der Waals surface area contributed by atoms with Crippen LogP contribution in [0, 0.1) is 5.95 Å². The third-order valence-corrected chi connectivity index (χ3v) is 3.24. The molecule has 0 aliphatic carbocycles. The molecular weight excluding hydrogens is 239 g/mol. The summed E-state index contributed by atoms with van der Waals surface area (Å²) in [5.74, 6) is -0.522. The fraction of sp³-hybridized carbons (Fsp3) is 0.545. The Hall–Kier alpha value is -1.76. The zero-order chi connectivity index (χ0) is 12.5. The standard InChI is InChI=1S/C11H13FN4O2/c12-10-11(14-2-1-13-10)15-5-8-7-18-4-3-16(8)9(17)6-15/h1-2,8H,3-7H2. The first-order chi connectivity index (χ1) is 8.75. The van der Waals surface area contributed by atoms with E-state index in [4.69, 9.17) is 4.74 Å². The summed E-state index contributed by atoms with van der Waals surface area (Å²) in [4.78, 5) is 22.9. The molecule has 1 amide bonds. The summed E-state index contributed by atoms with van der Waals surface area (Å²) < 4.78 is 18.9. The first kappa shape index (κ1) is 11.3. The maximum Gasteiger partial charge on any atom is 0.255 e. The van der Waals surface area contributed by atoms with Gasteiger partial charge in [0.1, 0.15) is 0 Å². The van der Waals surface area contributed by atoms with Crippen LogP contribution in [0.1, 0.15) is 0 Å². The van der Waals surface area contributed by atoms with Crippen LogP contribution in [0.3, 0.4) is 0 Å². The summed E-state index contributed by atoms with van der Waals surface area (Å²) >= 11 is 0. The quantitative estimate of drug-likeness (QED) is 0.684. The molecule has 0 bridgehead atoms. The number of anilines is 1. The van der Waals surface area contributed by atoms with E-state index in [9.17, 15) is 9.18 Å². The number of hydrogen-bond acceptors (Lipinski definition) is 5. The number of halogens is 1. The van der Waals surface area contributed by atoms with Crippen LogP contribution in [0.4, 0.5) is 10.2 Å². The number of nitrogens with zero attached hydrogens (tertiary/aromatic N) is 4. The number of piperazine rings is 1. The second kappa shape index (κ2) is 4.49. The smallest absolute Gasteiger partial charge is 0.255 e. The van der Waals surface area contributed by atoms with Crippen molar-refractivity contribution in [2.24, 2.45) is 0 Å². The fourth-order valence-electron chi connectivity index (χ4n) is 2.39. The van der Waals surface area contributed by atoms with Crippen LogP contribution in [0.2, 0.25) is 0 Å². The van der Waals surface area contributed by atoms with E-state index in [2.05, 4.69) is 9.97 Å². The normalized spacial score (nSPS) is 24.1. The van der Waals surface area contributed by atoms with Crippen LogP contribution in [0.15, 0.2) is 12.4 Å². The summed E-state index contributed by atoms with van der Waals surface area (Å²) in [6.45, 7) is 2.35. The van der Waals surface area contributed by atoms with Gasteiger partial charge < -0.3 is 14.5 Å². The van der Waals surface area contributed by atoms with Gasteiger partial charge in [0.15, 0.2) is 5.82 Å². The molecule has 1 aromatic heterocycles. The van der Waals surface area contributed by atoms with Gasteiger partial charge in [0.25, 0.3) is 5.95 Å². The second-order valence-corrected chi connectivity index (χ2v) is 4.37. The number of carbonyl (C=O) groups excluding carboxylic acids is 1. The van der Waals surface area contributed by atoms with E-state index < -0.39 is 5.95 Å². The van der Waals surface area contributed by atoms with Gasteiger partial charge in [-0.3, -0.25) is 4.79 Å². The van der Waals surface area contributed by atoms with Gasteiger partial charge in [0.2, 0.25) is 5.91 Å². The lowest BCUT2D eigenvalue weighted by Gasteiger charge is -2.43. The van der Waals surface area contributed by atoms with Gasteiger partial charge in [-0.25, -0.2) is 9.97 Å². The van der Waals surface area contributed by atoms with Crippen molar-refractivity contribution in [3.63, 3.8) is 0 Å². The molecular formula is C11H13FN4O2. The first-order valence-corrected chi connectivity index (χ1v) is 5.84. The Morgan fingerprint density at radius 2 is 2.22 bits per heavy atom. The number of fused-ring (bicyclic) bond motifs is 1. The highest BCUT2D eigenvalue weighted by Crippen LogP contribution is 2.20. The van der Waals surface area contributed by atoms with Gasteiger partial charge >= 0.3 is 0 Å². The minimum absolute atomic E-state index is 0.0143. The highest BCUT2D eigenvalue weighted by Gasteiger charge is 2.35. The van der Waals surface area contributed by atoms with Crippen molar-refractivity contribution in [1.29, 1.82) is 0 Å². The van der Waals surface area contributed by atoms with E-state index >= 15 is 0 Å². The highest BCUT2D eigenvalue weighted by molar-refractivity contribution is 5.83. The van der Waals surface area contributed by atoms with Crippen molar-refractivity contribution in [3.8, 4) is 0 Å². The summed E-state index contributed by atoms with van der Waals surface area (Å²) in [6.07, 6.45) is 2.72. The SMILES string of the molecule is O=C1CN(c2nccnc2F)CC2COCCN12. The Morgan fingerprint density at radius 1 is 1.39 bits per heavy atom. The highest BCUT2D eigenvalue weighted by atomic mass is 19.1. The van der Waals surface area contributed by atoms with Crippen LogP contribution in [0.25, 0.3) is 0 Å². The van der Waals surface area contributed by atoms with Crippen molar-refractivity contribution < 1.29 is 13.9 Å². The lowest BCUT2D eigenvalue weighted by molar-refractivity contribution is -0.140. The van der Waals surface area contributed by atoms with Crippen LogP contribution in [-0.2, 0) is 9.53 Å². The predicted molar refractivity (Wildman–Crippen MR) is 60.5 cm³/mol. The molecule has 2 saturated heterocycles. The zero-order valence-corrected chi connectivity index (χ0v) is 9.75. The monoisotopic (exact) mass is 252 g/mol. The molecule has 96 valence electrons. The van der Waals surface area contributed by atoms with E-state index in [1.807, 2.05) is 0 Å². The van der Waals surface area contributed by atoms with Crippen LogP contribution in [-0.4, -0.2) is 59.7 Å². The minimum atomic E-state index is -0.643. The van der Waals surface area contributed by atoms with Crippen LogP contribution >= 0.6 is 0 Å². The molecule has 2 aliphatic rings. The molecule has 0 spiro atoms. The molecule has 18 heavy (non-hydrogen) atoms. The number of ether oxygens (including phenoxy) is 1. The Bertz CT molecular complexity index is 470. The Morgan fingerprint density at radius 3 is 3.06 bits per heavy atom. The van der Waals surface area contributed by atoms with Gasteiger partial charge in [0, 0.05) is 25.5 Å². The molecule has 1 unspecified atom stereocenters. The van der Waals surface area contributed by atoms with Gasteiger partial charge in [-0.2, -0.15) is 4.39 Å². The van der Waals surface area contributed by atoms with Crippen molar-refractivity contribution in [3.05, 3.63) is 18.3 Å². The van der Waals surface area contributed by atoms with Crippen LogP contribution < -0.4 is 4.90 Å². The molecule has 2 fully saturated rings. The number of amides is 1. The molecule has 3 rings (SSSR count). The molecule has 1 aromatic rings. The fourth-order valence-corrected chi connectivity index (χ4v) is 2.39. The summed E-state index contributed by atoms with van der Waals surface area (Å²) in [5, 5.41) is 0. The third kappa shape index (κ3) is 1.90. The Labute approximate surface area is 103 Å². The molecule has 2 aliphatic heterocycles. The van der Waals surface area contributed by atoms with E-state index in [0.717, 1.165) is 0 Å². The average molecular weight is 252 g/mol. The maximum atomic E-state index is 13.6. The van der Waals surface area contributed by atoms with Crippen molar-refractivity contribution >= 4 is 11.7 Å². The largest absolute Gasteiger partial charge is 0.377 e. The summed E-state index contributed by atoms with van der Waals surface area (Å²) in [5.41, 5.74) is 0. The van der Waals surface area contributed by atoms with Crippen molar-refractivity contribution in [2.45, 2.75) is 6.04 Å². The minimum Gasteiger partial charge on any atom is -0.377 e. The topological polar surface area (TPSA) is 58.6 Å². The molecule has 6 nitrogen and oxygen atoms in total. The average Bonchev–Trinajstić information content (AvgIpc) is 2.39. The van der Waals surface area contributed by atoms with Gasteiger partial charge in [-0.05, 0) is 0 Å². The second-order valence-electron chi connectivity index (χ2n) is 4.37. The Balaban J connectivity index is 1.83. The number of aromatic nitrogens is 2. The molecule has 0 N–H and O–H groups in total. The molecule has 0 radical (unpaired) electrons. The van der Waals surface area contributed by atoms with E-state index in [1.54, 1.807) is 9.80 Å². The first-order valence-electron chi connectivity index (χ1n) is 5.84. The third-order valence-electron chi connectivity index (χ3n) is 3.24. The number of rotatable bonds is 1. The number of hydrogen-bond donors (Lipinski definition) is 0. The molecule has 0 aromatic carbocycles. The molecule has 3 heterocycles. The summed E-state index contributed by atoms with van der Waals surface area (Å²) in [6, 6.07) is -0.0265. The van der Waals surface area contributed by atoms with E-state index in [0.29, 0.717) is 26.3 Å². The van der Waals surface area contributed by atoms with Crippen molar-refractivity contribution in [2.75, 3.05) is 37.7 Å². The maximum absolute atomic E-state index is 13.6. The van der Waals surface area contributed by atoms with E-state index in [-0.39, 0.29) is 24.3 Å². The molecule has 0 saturated carbocycles. The number of carbonyl (C=O) groups is 1. The van der Waals surface area contributed by atoms with Crippen molar-refractivity contribution in [1.82, 2.24) is 14.9 Å².